The van der Waals surface area contributed by atoms with E-state index in [4.69, 9.17) is 8.83 Å². The molecule has 10 aromatic carbocycles. The van der Waals surface area contributed by atoms with Crippen LogP contribution in [-0.2, 0) is 0 Å². The third-order valence-corrected chi connectivity index (χ3v) is 11.8. The molecule has 0 saturated heterocycles. The lowest BCUT2D eigenvalue weighted by molar-refractivity contribution is 0.668. The summed E-state index contributed by atoms with van der Waals surface area (Å²) in [5.74, 6) is 0. The quantitative estimate of drug-likeness (QED) is 0.162. The molecule has 4 nitrogen and oxygen atoms in total. The zero-order chi connectivity index (χ0) is 39.6. The predicted molar refractivity (Wildman–Crippen MR) is 251 cm³/mol. The van der Waals surface area contributed by atoms with Gasteiger partial charge in [-0.3, -0.25) is 0 Å². The third kappa shape index (κ3) is 5.39. The minimum atomic E-state index is 0.852. The Balaban J connectivity index is 1.11. The Morgan fingerprint density at radius 2 is 0.700 bits per heavy atom. The SMILES string of the molecule is c1cc(-c2ccccc2N(c2cccc3ccccc23)c2cccc3oc4ccccc4c23)cc(N(c2cccc3ccccc23)c2cccc3oc4ccccc4c23)c1. The molecule has 12 rings (SSSR count). The fourth-order valence-electron chi connectivity index (χ4n) is 9.21. The molecule has 12 aromatic rings. The molecular formula is C56H36N2O2. The summed E-state index contributed by atoms with van der Waals surface area (Å²) in [7, 11) is 0. The highest BCUT2D eigenvalue weighted by atomic mass is 16.3. The van der Waals surface area contributed by atoms with E-state index in [0.29, 0.717) is 0 Å². The molecule has 0 aliphatic heterocycles. The van der Waals surface area contributed by atoms with Crippen molar-refractivity contribution in [1.29, 1.82) is 0 Å². The highest BCUT2D eigenvalue weighted by Crippen LogP contribution is 2.49. The van der Waals surface area contributed by atoms with Crippen LogP contribution in [0, 0.1) is 0 Å². The van der Waals surface area contributed by atoms with Crippen LogP contribution in [0.15, 0.2) is 227 Å². The van der Waals surface area contributed by atoms with Crippen molar-refractivity contribution in [2.45, 2.75) is 0 Å². The van der Waals surface area contributed by atoms with E-state index in [0.717, 1.165) is 99.9 Å². The molecule has 0 fully saturated rings. The molecule has 2 aromatic heterocycles. The highest BCUT2D eigenvalue weighted by Gasteiger charge is 2.25. The molecule has 4 heteroatoms. The first-order chi connectivity index (χ1) is 29.8. The standard InChI is InChI=1S/C56H36N2O2/c1-3-22-41-37(16-1)18-12-28-46(41)57(49-30-14-34-53-55(49)44-25-6-9-32-51(44)59-53)40-21-11-20-39(36-40)43-24-5-8-27-47(43)58(48-29-13-19-38-17-2-4-23-42(38)48)50-31-15-35-54-56(50)45-26-7-10-33-52(45)60-54/h1-36H. The molecule has 0 bridgehead atoms. The number of anilines is 6. The fraction of sp³-hybridized carbons (Fsp3) is 0. The van der Waals surface area contributed by atoms with E-state index in [1.165, 1.54) is 10.8 Å². The lowest BCUT2D eigenvalue weighted by Crippen LogP contribution is -2.13. The predicted octanol–water partition coefficient (Wildman–Crippen LogP) is 16.4. The number of para-hydroxylation sites is 3. The molecule has 60 heavy (non-hydrogen) atoms. The first-order valence-electron chi connectivity index (χ1n) is 20.3. The monoisotopic (exact) mass is 768 g/mol. The van der Waals surface area contributed by atoms with Crippen LogP contribution in [0.1, 0.15) is 0 Å². The van der Waals surface area contributed by atoms with Crippen LogP contribution in [0.3, 0.4) is 0 Å². The maximum Gasteiger partial charge on any atom is 0.137 e. The van der Waals surface area contributed by atoms with Crippen LogP contribution in [0.2, 0.25) is 0 Å². The van der Waals surface area contributed by atoms with E-state index in [9.17, 15) is 0 Å². The van der Waals surface area contributed by atoms with Gasteiger partial charge in [0.25, 0.3) is 0 Å². The number of fused-ring (bicyclic) bond motifs is 8. The van der Waals surface area contributed by atoms with Crippen molar-refractivity contribution in [1.82, 2.24) is 0 Å². The Kier molecular flexibility index (Phi) is 7.82. The molecule has 0 radical (unpaired) electrons. The van der Waals surface area contributed by atoms with Crippen molar-refractivity contribution in [3.63, 3.8) is 0 Å². The Morgan fingerprint density at radius 1 is 0.283 bits per heavy atom. The van der Waals surface area contributed by atoms with E-state index in [1.54, 1.807) is 0 Å². The van der Waals surface area contributed by atoms with Gasteiger partial charge in [-0.2, -0.15) is 0 Å². The summed E-state index contributed by atoms with van der Waals surface area (Å²) >= 11 is 0. The van der Waals surface area contributed by atoms with E-state index >= 15 is 0 Å². The van der Waals surface area contributed by atoms with E-state index in [1.807, 2.05) is 18.2 Å². The molecule has 0 atom stereocenters. The van der Waals surface area contributed by atoms with Crippen molar-refractivity contribution in [2.75, 3.05) is 9.80 Å². The zero-order valence-electron chi connectivity index (χ0n) is 32.5. The summed E-state index contributed by atoms with van der Waals surface area (Å²) in [5.41, 5.74) is 12.0. The maximum atomic E-state index is 6.49. The Labute approximate surface area is 346 Å². The van der Waals surface area contributed by atoms with Crippen LogP contribution in [0.4, 0.5) is 34.1 Å². The normalized spacial score (nSPS) is 11.7. The van der Waals surface area contributed by atoms with Crippen LogP contribution < -0.4 is 9.80 Å². The topological polar surface area (TPSA) is 32.8 Å². The maximum absolute atomic E-state index is 6.49. The van der Waals surface area contributed by atoms with Gasteiger partial charge in [0.1, 0.15) is 22.3 Å². The molecule has 0 N–H and O–H groups in total. The summed E-state index contributed by atoms with van der Waals surface area (Å²) < 4.78 is 13.0. The van der Waals surface area contributed by atoms with Crippen LogP contribution in [-0.4, -0.2) is 0 Å². The molecule has 2 heterocycles. The zero-order valence-corrected chi connectivity index (χ0v) is 32.5. The first kappa shape index (κ1) is 34.0. The van der Waals surface area contributed by atoms with Crippen molar-refractivity contribution in [2.24, 2.45) is 0 Å². The van der Waals surface area contributed by atoms with Gasteiger partial charge in [-0.15, -0.1) is 0 Å². The third-order valence-electron chi connectivity index (χ3n) is 11.8. The summed E-state index contributed by atoms with van der Waals surface area (Å²) in [5, 5.41) is 9.00. The second-order valence-corrected chi connectivity index (χ2v) is 15.2. The summed E-state index contributed by atoms with van der Waals surface area (Å²) in [6.07, 6.45) is 0. The van der Waals surface area contributed by atoms with Gasteiger partial charge >= 0.3 is 0 Å². The van der Waals surface area contributed by atoms with Crippen LogP contribution in [0.25, 0.3) is 76.5 Å². The fourth-order valence-corrected chi connectivity index (χ4v) is 9.21. The van der Waals surface area contributed by atoms with E-state index in [-0.39, 0.29) is 0 Å². The Hall–Kier alpha value is -8.08. The van der Waals surface area contributed by atoms with E-state index in [2.05, 4.69) is 210 Å². The summed E-state index contributed by atoms with van der Waals surface area (Å²) in [4.78, 5) is 4.83. The minimum Gasteiger partial charge on any atom is -0.456 e. The average molecular weight is 769 g/mol. The molecule has 0 saturated carbocycles. The molecule has 0 unspecified atom stereocenters. The number of rotatable bonds is 7. The molecule has 0 spiro atoms. The minimum absolute atomic E-state index is 0.852. The van der Waals surface area contributed by atoms with Gasteiger partial charge in [0.2, 0.25) is 0 Å². The number of nitrogens with zero attached hydrogens (tertiary/aromatic N) is 2. The van der Waals surface area contributed by atoms with Gasteiger partial charge in [-0.05, 0) is 83.1 Å². The number of benzene rings is 10. The molecule has 0 aliphatic carbocycles. The van der Waals surface area contributed by atoms with Gasteiger partial charge in [0.05, 0.1) is 39.2 Å². The first-order valence-corrected chi connectivity index (χ1v) is 20.3. The molecular weight excluding hydrogens is 733 g/mol. The van der Waals surface area contributed by atoms with Gasteiger partial charge in [0, 0.05) is 32.8 Å². The van der Waals surface area contributed by atoms with E-state index < -0.39 is 0 Å². The smallest absolute Gasteiger partial charge is 0.137 e. The lowest BCUT2D eigenvalue weighted by Gasteiger charge is -2.30. The van der Waals surface area contributed by atoms with Gasteiger partial charge in [0.15, 0.2) is 0 Å². The van der Waals surface area contributed by atoms with Crippen molar-refractivity contribution < 1.29 is 8.83 Å². The number of hydrogen-bond acceptors (Lipinski definition) is 4. The Bertz CT molecular complexity index is 3590. The summed E-state index contributed by atoms with van der Waals surface area (Å²) in [6, 6.07) is 77.5. The second kappa shape index (κ2) is 13.8. The van der Waals surface area contributed by atoms with Gasteiger partial charge in [-0.1, -0.05) is 152 Å². The highest BCUT2D eigenvalue weighted by molar-refractivity contribution is 6.16. The van der Waals surface area contributed by atoms with Crippen molar-refractivity contribution >= 4 is 99.5 Å². The number of furan rings is 2. The number of hydrogen-bond donors (Lipinski definition) is 0. The Morgan fingerprint density at radius 3 is 1.33 bits per heavy atom. The van der Waals surface area contributed by atoms with Gasteiger partial charge < -0.3 is 18.6 Å². The van der Waals surface area contributed by atoms with Crippen LogP contribution in [0.5, 0.6) is 0 Å². The van der Waals surface area contributed by atoms with Crippen LogP contribution >= 0.6 is 0 Å². The van der Waals surface area contributed by atoms with Crippen molar-refractivity contribution in [3.8, 4) is 11.1 Å². The largest absolute Gasteiger partial charge is 0.456 e. The molecule has 0 aliphatic rings. The lowest BCUT2D eigenvalue weighted by atomic mass is 9.98. The average Bonchev–Trinajstić information content (AvgIpc) is 3.89. The van der Waals surface area contributed by atoms with Gasteiger partial charge in [-0.25, -0.2) is 0 Å². The molecule has 0 amide bonds. The van der Waals surface area contributed by atoms with Crippen molar-refractivity contribution in [3.05, 3.63) is 218 Å². The second-order valence-electron chi connectivity index (χ2n) is 15.2. The summed E-state index contributed by atoms with van der Waals surface area (Å²) in [6.45, 7) is 0. The molecule has 282 valence electrons.